The molecule has 1 heterocycles. The molecule has 0 spiro atoms. The highest BCUT2D eigenvalue weighted by Crippen LogP contribution is 2.16. The number of benzene rings is 1. The highest BCUT2D eigenvalue weighted by atomic mass is 35.5. The topological polar surface area (TPSA) is 50.4 Å². The Hall–Kier alpha value is -1.26. The number of ether oxygens (including phenoxy) is 1. The fraction of sp³-hybridized carbons (Fsp3) is 0.462. The SMILES string of the molecule is O=C(NCCOc1cccc(Cl)c1)C1CCNC1. The van der Waals surface area contributed by atoms with Gasteiger partial charge in [-0.3, -0.25) is 4.79 Å². The van der Waals surface area contributed by atoms with E-state index in [0.717, 1.165) is 25.3 Å². The number of amides is 1. The first-order valence-electron chi connectivity index (χ1n) is 6.12. The van der Waals surface area contributed by atoms with Crippen LogP contribution in [0.2, 0.25) is 5.02 Å². The number of rotatable bonds is 5. The van der Waals surface area contributed by atoms with Gasteiger partial charge in [-0.15, -0.1) is 0 Å². The molecule has 0 bridgehead atoms. The number of hydrogen-bond acceptors (Lipinski definition) is 3. The minimum atomic E-state index is 0.106. The van der Waals surface area contributed by atoms with Crippen molar-refractivity contribution in [1.82, 2.24) is 10.6 Å². The second-order valence-corrected chi connectivity index (χ2v) is 4.72. The molecule has 18 heavy (non-hydrogen) atoms. The Morgan fingerprint density at radius 2 is 2.44 bits per heavy atom. The zero-order chi connectivity index (χ0) is 12.8. The predicted octanol–water partition coefficient (Wildman–Crippen LogP) is 1.44. The molecule has 1 unspecified atom stereocenters. The number of halogens is 1. The van der Waals surface area contributed by atoms with Crippen LogP contribution in [-0.4, -0.2) is 32.1 Å². The van der Waals surface area contributed by atoms with Crippen LogP contribution in [0.15, 0.2) is 24.3 Å². The monoisotopic (exact) mass is 268 g/mol. The normalized spacial score (nSPS) is 18.6. The van der Waals surface area contributed by atoms with Crippen LogP contribution in [0.3, 0.4) is 0 Å². The van der Waals surface area contributed by atoms with Crippen LogP contribution in [0.4, 0.5) is 0 Å². The van der Waals surface area contributed by atoms with Gasteiger partial charge in [0.15, 0.2) is 0 Å². The average Bonchev–Trinajstić information content (AvgIpc) is 2.88. The van der Waals surface area contributed by atoms with Crippen molar-refractivity contribution in [3.8, 4) is 5.75 Å². The quantitative estimate of drug-likeness (QED) is 0.795. The molecular formula is C13H17ClN2O2. The maximum Gasteiger partial charge on any atom is 0.224 e. The number of hydrogen-bond donors (Lipinski definition) is 2. The van der Waals surface area contributed by atoms with Crippen LogP contribution in [0.5, 0.6) is 5.75 Å². The van der Waals surface area contributed by atoms with Crippen molar-refractivity contribution in [3.05, 3.63) is 29.3 Å². The zero-order valence-corrected chi connectivity index (χ0v) is 10.9. The molecule has 5 heteroatoms. The molecule has 0 aromatic heterocycles. The summed E-state index contributed by atoms with van der Waals surface area (Å²) in [6.45, 7) is 2.67. The summed E-state index contributed by atoms with van der Waals surface area (Å²) in [5.41, 5.74) is 0. The molecule has 1 amide bonds. The lowest BCUT2D eigenvalue weighted by Gasteiger charge is -2.10. The Morgan fingerprint density at radius 1 is 1.56 bits per heavy atom. The lowest BCUT2D eigenvalue weighted by Crippen LogP contribution is -2.34. The van der Waals surface area contributed by atoms with E-state index >= 15 is 0 Å². The molecule has 4 nitrogen and oxygen atoms in total. The lowest BCUT2D eigenvalue weighted by atomic mass is 10.1. The van der Waals surface area contributed by atoms with Gasteiger partial charge in [-0.25, -0.2) is 0 Å². The molecule has 1 atom stereocenters. The van der Waals surface area contributed by atoms with Crippen molar-refractivity contribution in [1.29, 1.82) is 0 Å². The van der Waals surface area contributed by atoms with Crippen molar-refractivity contribution >= 4 is 17.5 Å². The Labute approximate surface area is 112 Å². The van der Waals surface area contributed by atoms with Gasteiger partial charge in [0.25, 0.3) is 0 Å². The molecule has 0 radical (unpaired) electrons. The molecule has 1 fully saturated rings. The molecule has 2 N–H and O–H groups in total. The first-order valence-corrected chi connectivity index (χ1v) is 6.50. The molecular weight excluding hydrogens is 252 g/mol. The van der Waals surface area contributed by atoms with E-state index in [9.17, 15) is 4.79 Å². The van der Waals surface area contributed by atoms with Gasteiger partial charge in [-0.05, 0) is 31.2 Å². The highest BCUT2D eigenvalue weighted by molar-refractivity contribution is 6.30. The van der Waals surface area contributed by atoms with E-state index in [-0.39, 0.29) is 11.8 Å². The minimum Gasteiger partial charge on any atom is -0.492 e. The minimum absolute atomic E-state index is 0.106. The molecule has 0 aliphatic carbocycles. The molecule has 1 aromatic carbocycles. The average molecular weight is 269 g/mol. The first-order chi connectivity index (χ1) is 8.75. The third-order valence-electron chi connectivity index (χ3n) is 2.90. The van der Waals surface area contributed by atoms with Gasteiger partial charge in [0, 0.05) is 11.6 Å². The van der Waals surface area contributed by atoms with Crippen LogP contribution in [0.25, 0.3) is 0 Å². The molecule has 1 aliphatic rings. The smallest absolute Gasteiger partial charge is 0.224 e. The second-order valence-electron chi connectivity index (χ2n) is 4.29. The molecule has 1 aliphatic heterocycles. The third-order valence-corrected chi connectivity index (χ3v) is 3.13. The Kier molecular flexibility index (Phi) is 4.84. The van der Waals surface area contributed by atoms with E-state index in [2.05, 4.69) is 10.6 Å². The van der Waals surface area contributed by atoms with E-state index in [1.54, 1.807) is 12.1 Å². The first kappa shape index (κ1) is 13.2. The summed E-state index contributed by atoms with van der Waals surface area (Å²) in [6, 6.07) is 7.22. The molecule has 98 valence electrons. The van der Waals surface area contributed by atoms with Crippen molar-refractivity contribution < 1.29 is 9.53 Å². The van der Waals surface area contributed by atoms with E-state index in [1.807, 2.05) is 12.1 Å². The lowest BCUT2D eigenvalue weighted by molar-refractivity contribution is -0.124. The van der Waals surface area contributed by atoms with Crippen molar-refractivity contribution in [2.45, 2.75) is 6.42 Å². The van der Waals surface area contributed by atoms with Crippen molar-refractivity contribution in [3.63, 3.8) is 0 Å². The van der Waals surface area contributed by atoms with Gasteiger partial charge in [-0.1, -0.05) is 17.7 Å². The second kappa shape index (κ2) is 6.61. The third kappa shape index (κ3) is 3.89. The Morgan fingerprint density at radius 3 is 3.17 bits per heavy atom. The Balaban J connectivity index is 1.65. The van der Waals surface area contributed by atoms with E-state index in [1.165, 1.54) is 0 Å². The van der Waals surface area contributed by atoms with Crippen LogP contribution in [-0.2, 0) is 4.79 Å². The summed E-state index contributed by atoms with van der Waals surface area (Å²) in [5.74, 6) is 0.935. The zero-order valence-electron chi connectivity index (χ0n) is 10.1. The summed E-state index contributed by atoms with van der Waals surface area (Å²) in [6.07, 6.45) is 0.918. The van der Waals surface area contributed by atoms with Gasteiger partial charge < -0.3 is 15.4 Å². The van der Waals surface area contributed by atoms with E-state index in [0.29, 0.717) is 18.2 Å². The number of nitrogens with one attached hydrogen (secondary N) is 2. The maximum atomic E-state index is 11.7. The maximum absolute atomic E-state index is 11.7. The predicted molar refractivity (Wildman–Crippen MR) is 70.9 cm³/mol. The summed E-state index contributed by atoms with van der Waals surface area (Å²) in [5, 5.41) is 6.69. The fourth-order valence-electron chi connectivity index (χ4n) is 1.92. The van der Waals surface area contributed by atoms with Crippen LogP contribution in [0.1, 0.15) is 6.42 Å². The highest BCUT2D eigenvalue weighted by Gasteiger charge is 2.21. The number of carbonyl (C=O) groups excluding carboxylic acids is 1. The van der Waals surface area contributed by atoms with Crippen molar-refractivity contribution in [2.75, 3.05) is 26.2 Å². The molecule has 1 aromatic rings. The van der Waals surface area contributed by atoms with Gasteiger partial charge in [0.1, 0.15) is 12.4 Å². The Bertz CT molecular complexity index is 406. The van der Waals surface area contributed by atoms with Gasteiger partial charge in [0.2, 0.25) is 5.91 Å². The molecule has 0 saturated carbocycles. The summed E-state index contributed by atoms with van der Waals surface area (Å²) < 4.78 is 5.49. The number of carbonyl (C=O) groups is 1. The summed E-state index contributed by atoms with van der Waals surface area (Å²) in [4.78, 5) is 11.7. The van der Waals surface area contributed by atoms with Crippen LogP contribution < -0.4 is 15.4 Å². The molecule has 1 saturated heterocycles. The standard InChI is InChI=1S/C13H17ClN2O2/c14-11-2-1-3-12(8-11)18-7-6-16-13(17)10-4-5-15-9-10/h1-3,8,10,15H,4-7,9H2,(H,16,17). The van der Waals surface area contributed by atoms with Crippen LogP contribution in [0, 0.1) is 5.92 Å². The van der Waals surface area contributed by atoms with Gasteiger partial charge >= 0.3 is 0 Å². The summed E-state index contributed by atoms with van der Waals surface area (Å²) >= 11 is 5.84. The van der Waals surface area contributed by atoms with E-state index < -0.39 is 0 Å². The fourth-order valence-corrected chi connectivity index (χ4v) is 2.10. The molecule has 2 rings (SSSR count). The van der Waals surface area contributed by atoms with Gasteiger partial charge in [0.05, 0.1) is 12.5 Å². The van der Waals surface area contributed by atoms with Crippen LogP contribution >= 0.6 is 11.6 Å². The largest absolute Gasteiger partial charge is 0.492 e. The van der Waals surface area contributed by atoms with E-state index in [4.69, 9.17) is 16.3 Å². The summed E-state index contributed by atoms with van der Waals surface area (Å²) in [7, 11) is 0. The van der Waals surface area contributed by atoms with Gasteiger partial charge in [-0.2, -0.15) is 0 Å². The van der Waals surface area contributed by atoms with Crippen molar-refractivity contribution in [2.24, 2.45) is 5.92 Å².